The molecule has 8 aromatic rings. The molecule has 0 amide bonds. The van der Waals surface area contributed by atoms with Crippen LogP contribution in [0.15, 0.2) is 107 Å². The summed E-state index contributed by atoms with van der Waals surface area (Å²) in [5.41, 5.74) is 3.74. The zero-order valence-corrected chi connectivity index (χ0v) is 72.1. The number of fused-ring (bicyclic) bond motifs is 2. The number of ether oxygens (including phenoxy) is 9. The SMILES string of the molecule is C.CCOC(=O)C1CC(O)C1.CCOC(=O)C1CC(OS(=O)(=O)c2ccc(C)cc2)C1.CCOC(=O)C1CC(Oc2cc(F)cc3c(-c4cnc(OC)c(NS(C)(=O)=O)c4)nc(N4CCOCC4)nc23)C1.COc1ncc(-c2nc(N3CCOCC3)nc3c(OC4CC(C(C)(C)O)C4)cc(F)cc23)cc1NS(C)(=O)=O.Cc1ccc(S(=O)(=O)Cl)cc1. The van der Waals surface area contributed by atoms with Gasteiger partial charge in [-0.15, -0.1) is 0 Å². The molecule has 6 fully saturated rings. The third kappa shape index (κ3) is 26.2. The number of rotatable bonds is 25. The highest BCUT2D eigenvalue weighted by Crippen LogP contribution is 2.44. The van der Waals surface area contributed by atoms with Crippen LogP contribution in [0.3, 0.4) is 0 Å². The van der Waals surface area contributed by atoms with E-state index in [1.54, 1.807) is 65.0 Å². The van der Waals surface area contributed by atoms with Crippen molar-refractivity contribution in [1.82, 2.24) is 29.9 Å². The largest absolute Gasteiger partial charge is 0.488 e. The van der Waals surface area contributed by atoms with E-state index in [4.69, 9.17) is 82.5 Å². The Morgan fingerprint density at radius 3 is 1.26 bits per heavy atom. The Hall–Kier alpha value is -9.58. The maximum absolute atomic E-state index is 15.0. The van der Waals surface area contributed by atoms with Crippen molar-refractivity contribution in [2.24, 2.45) is 23.7 Å². The van der Waals surface area contributed by atoms with Gasteiger partial charge in [-0.3, -0.25) is 28.0 Å². The molecule has 0 atom stereocenters. The first-order valence-corrected chi connectivity index (χ1v) is 46.2. The topological polar surface area (TPSA) is 428 Å². The minimum Gasteiger partial charge on any atom is -0.488 e. The Labute approximate surface area is 707 Å². The molecule has 40 heteroatoms. The van der Waals surface area contributed by atoms with Crippen molar-refractivity contribution in [3.8, 4) is 45.8 Å². The molecular formula is C81H103ClF2N10O23S4. The Morgan fingerprint density at radius 1 is 0.545 bits per heavy atom. The van der Waals surface area contributed by atoms with Crippen LogP contribution in [0.4, 0.5) is 32.1 Å². The molecule has 4 aromatic heterocycles. The van der Waals surface area contributed by atoms with Gasteiger partial charge in [0.05, 0.1) is 136 Å². The number of benzene rings is 4. The molecule has 2 saturated heterocycles. The lowest BCUT2D eigenvalue weighted by atomic mass is 9.72. The maximum Gasteiger partial charge on any atom is 0.309 e. The quantitative estimate of drug-likeness (QED) is 0.0179. The molecule has 0 radical (unpaired) electrons. The first kappa shape index (κ1) is 95.3. The van der Waals surface area contributed by atoms with Gasteiger partial charge >= 0.3 is 17.9 Å². The molecule has 6 heterocycles. The van der Waals surface area contributed by atoms with E-state index in [1.165, 1.54) is 81.2 Å². The number of carbonyl (C=O) groups excluding carboxylic acids is 3. The van der Waals surface area contributed by atoms with E-state index >= 15 is 0 Å². The van der Waals surface area contributed by atoms with E-state index in [-0.39, 0.29) is 112 Å². The predicted octanol–water partition coefficient (Wildman–Crippen LogP) is 10.7. The summed E-state index contributed by atoms with van der Waals surface area (Å²) >= 11 is 0. The summed E-state index contributed by atoms with van der Waals surface area (Å²) in [6.45, 7) is 17.9. The third-order valence-corrected chi connectivity index (χ3v) is 23.9. The number of aliphatic hydroxyl groups excluding tert-OH is 1. The molecule has 2 aliphatic heterocycles. The first-order chi connectivity index (χ1) is 56.7. The van der Waals surface area contributed by atoms with Gasteiger partial charge in [0.15, 0.2) is 0 Å². The minimum absolute atomic E-state index is 0. The lowest BCUT2D eigenvalue weighted by Gasteiger charge is -2.42. The summed E-state index contributed by atoms with van der Waals surface area (Å²) in [6.07, 6.45) is 7.93. The number of esters is 3. The van der Waals surface area contributed by atoms with Gasteiger partial charge < -0.3 is 62.6 Å². The molecule has 0 unspecified atom stereocenters. The Kier molecular flexibility index (Phi) is 32.7. The van der Waals surface area contributed by atoms with Crippen LogP contribution < -0.4 is 38.2 Å². The molecule has 4 N–H and O–H groups in total. The third-order valence-electron chi connectivity index (χ3n) is 20.0. The van der Waals surface area contributed by atoms with Crippen LogP contribution in [0.5, 0.6) is 23.3 Å². The molecule has 0 bridgehead atoms. The lowest BCUT2D eigenvalue weighted by molar-refractivity contribution is -0.155. The van der Waals surface area contributed by atoms with Crippen LogP contribution in [0, 0.1) is 49.2 Å². The van der Waals surface area contributed by atoms with Crippen LogP contribution in [-0.4, -0.2) is 221 Å². The Balaban J connectivity index is 0.000000189. The molecule has 6 aliphatic rings. The van der Waals surface area contributed by atoms with Crippen LogP contribution >= 0.6 is 10.7 Å². The van der Waals surface area contributed by atoms with E-state index in [0.717, 1.165) is 23.6 Å². The number of halogens is 3. The zero-order valence-electron chi connectivity index (χ0n) is 68.1. The number of hydrogen-bond acceptors (Lipinski definition) is 31. The average molecular weight is 1790 g/mol. The van der Waals surface area contributed by atoms with E-state index in [9.17, 15) is 61.9 Å². The summed E-state index contributed by atoms with van der Waals surface area (Å²) < 4.78 is 182. The smallest absolute Gasteiger partial charge is 0.309 e. The van der Waals surface area contributed by atoms with Gasteiger partial charge in [-0.2, -0.15) is 8.42 Å². The molecule has 121 heavy (non-hydrogen) atoms. The number of hydrogen-bond donors (Lipinski definition) is 4. The monoisotopic (exact) mass is 1780 g/mol. The van der Waals surface area contributed by atoms with Crippen molar-refractivity contribution in [2.45, 2.75) is 147 Å². The highest BCUT2D eigenvalue weighted by atomic mass is 35.7. The van der Waals surface area contributed by atoms with Gasteiger partial charge in [-0.25, -0.2) is 63.9 Å². The Bertz CT molecular complexity index is 5420. The Morgan fingerprint density at radius 2 is 0.909 bits per heavy atom. The van der Waals surface area contributed by atoms with E-state index < -0.39 is 62.6 Å². The normalized spacial score (nSPS) is 20.0. The highest BCUT2D eigenvalue weighted by molar-refractivity contribution is 8.13. The van der Waals surface area contributed by atoms with Gasteiger partial charge in [-0.1, -0.05) is 42.8 Å². The molecule has 660 valence electrons. The molecule has 4 saturated carbocycles. The number of aryl methyl sites for hydroxylation is 2. The predicted molar refractivity (Wildman–Crippen MR) is 448 cm³/mol. The summed E-state index contributed by atoms with van der Waals surface area (Å²) in [5.74, 6) is -0.814. The highest BCUT2D eigenvalue weighted by Gasteiger charge is 2.43. The van der Waals surface area contributed by atoms with Gasteiger partial charge in [0.2, 0.25) is 43.7 Å². The van der Waals surface area contributed by atoms with Crippen molar-refractivity contribution >= 4 is 113 Å². The molecular weight excluding hydrogens is 1680 g/mol. The average Bonchev–Trinajstić information content (AvgIpc) is 0.752. The second-order valence-corrected chi connectivity index (χ2v) is 37.4. The summed E-state index contributed by atoms with van der Waals surface area (Å²) in [7, 11) is -6.75. The van der Waals surface area contributed by atoms with E-state index in [2.05, 4.69) is 19.4 Å². The number of sulfonamides is 2. The van der Waals surface area contributed by atoms with Gasteiger partial charge in [-0.05, 0) is 154 Å². The van der Waals surface area contributed by atoms with Crippen molar-refractivity contribution < 1.29 is 114 Å². The zero-order chi connectivity index (χ0) is 87.2. The number of carbonyl (C=O) groups is 3. The maximum atomic E-state index is 15.0. The number of anilines is 4. The fourth-order valence-corrected chi connectivity index (χ4v) is 16.2. The summed E-state index contributed by atoms with van der Waals surface area (Å²) in [5, 5.41) is 19.9. The second kappa shape index (κ2) is 41.5. The van der Waals surface area contributed by atoms with Gasteiger partial charge in [0, 0.05) is 83.3 Å². The first-order valence-electron chi connectivity index (χ1n) is 38.7. The van der Waals surface area contributed by atoms with Crippen molar-refractivity contribution in [3.05, 3.63) is 120 Å². The van der Waals surface area contributed by atoms with E-state index in [0.29, 0.717) is 180 Å². The van der Waals surface area contributed by atoms with Crippen LogP contribution in [0.1, 0.15) is 105 Å². The van der Waals surface area contributed by atoms with Crippen LogP contribution in [0.2, 0.25) is 0 Å². The number of nitrogens with zero attached hydrogens (tertiary/aromatic N) is 8. The summed E-state index contributed by atoms with van der Waals surface area (Å²) in [4.78, 5) is 66.1. The number of aliphatic hydroxyl groups is 2. The molecule has 4 aromatic carbocycles. The lowest BCUT2D eigenvalue weighted by Crippen LogP contribution is -2.45. The fraction of sp³-hybridized carbons (Fsp3) is 0.494. The minimum atomic E-state index is -3.75. The summed E-state index contributed by atoms with van der Waals surface area (Å²) in [6, 6.07) is 21.1. The molecule has 0 spiro atoms. The second-order valence-electron chi connectivity index (χ2n) is 29.8. The number of aromatic nitrogens is 6. The van der Waals surface area contributed by atoms with E-state index in [1.807, 2.05) is 23.6 Å². The molecule has 14 rings (SSSR count). The number of pyridine rings is 2. The van der Waals surface area contributed by atoms with Crippen LogP contribution in [-0.2, 0) is 81.5 Å². The standard InChI is InChI=1S/C26H30FN5O7S.C26H32FN5O6S.C14H18O5S.C7H7ClO2S.C7H12O3.CH4/c1-4-38-25(33)15-9-18(10-15)39-21-13-17(27)12-19-22(29-26(30-23(19)21)32-5-7-37-8-6-32)16-11-20(31-40(3,34)35)24(36-2)28-14-16;1-26(2,33)16-10-18(11-16)38-21-13-17(27)12-19-22(29-25(30-23(19)21)32-5-7-37-8-6-32)15-9-20(31-39(4,34)35)24(36-3)28-14-15;1-3-18-14(15)11-8-12(9-11)19-20(16,17)13-6-4-10(2)5-7-13;1-6-2-4-7(5-3-6)11(8,9)10;1-2-10-7(9)5-3-6(8)4-5;/h11-15,18,31H,4-10H2,1-3H3;9,12-14,16,18,31,33H,5-8,10-11H2,1-4H3;4-7,11-12H,3,8-9H2,1-2H3;2-5H,1H3;5-6,8H,2-4H2,1H3;1H4. The van der Waals surface area contributed by atoms with Crippen molar-refractivity contribution in [3.63, 3.8) is 0 Å². The number of nitrogens with one attached hydrogen (secondary N) is 2. The molecule has 4 aliphatic carbocycles. The van der Waals surface area contributed by atoms with Crippen LogP contribution in [0.25, 0.3) is 44.3 Å². The van der Waals surface area contributed by atoms with Crippen molar-refractivity contribution in [2.75, 3.05) is 118 Å². The number of methoxy groups -OCH3 is 2. The van der Waals surface area contributed by atoms with Gasteiger partial charge in [0.1, 0.15) is 51.6 Å². The fourth-order valence-electron chi connectivity index (χ4n) is 13.3. The van der Waals surface area contributed by atoms with Crippen molar-refractivity contribution in [1.29, 1.82) is 0 Å². The molecule has 33 nitrogen and oxygen atoms in total. The number of morpholine rings is 2. The van der Waals surface area contributed by atoms with Gasteiger partial charge in [0.25, 0.3) is 19.2 Å².